The van der Waals surface area contributed by atoms with Gasteiger partial charge in [0.2, 0.25) is 0 Å². The molecule has 40 heavy (non-hydrogen) atoms. The van der Waals surface area contributed by atoms with Crippen molar-refractivity contribution in [3.8, 4) is 22.4 Å². The van der Waals surface area contributed by atoms with Gasteiger partial charge in [0.1, 0.15) is 11.2 Å². The Labute approximate surface area is 233 Å². The van der Waals surface area contributed by atoms with Crippen LogP contribution in [0.2, 0.25) is 0 Å². The van der Waals surface area contributed by atoms with E-state index in [1.54, 1.807) is 0 Å². The first-order chi connectivity index (χ1) is 19.8. The predicted octanol–water partition coefficient (Wildman–Crippen LogP) is 11.0. The Morgan fingerprint density at radius 1 is 0.475 bits per heavy atom. The first kappa shape index (κ1) is 21.9. The lowest BCUT2D eigenvalue weighted by Crippen LogP contribution is -1.89. The van der Waals surface area contributed by atoms with E-state index in [-0.39, 0.29) is 0 Å². The van der Waals surface area contributed by atoms with Gasteiger partial charge in [-0.25, -0.2) is 4.98 Å². The molecule has 0 aliphatic carbocycles. The summed E-state index contributed by atoms with van der Waals surface area (Å²) < 4.78 is 9.51. The van der Waals surface area contributed by atoms with E-state index in [1.165, 1.54) is 25.7 Å². The Morgan fingerprint density at radius 2 is 1.18 bits per heavy atom. The van der Waals surface area contributed by atoms with Crippen molar-refractivity contribution in [1.82, 2.24) is 4.98 Å². The Balaban J connectivity index is 1.36. The van der Waals surface area contributed by atoms with E-state index in [0.717, 1.165) is 60.4 Å². The number of benzene rings is 6. The van der Waals surface area contributed by atoms with Gasteiger partial charge in [-0.05, 0) is 29.8 Å². The normalized spacial score (nSPS) is 12.0. The summed E-state index contributed by atoms with van der Waals surface area (Å²) in [6.07, 6.45) is 0. The molecule has 0 saturated heterocycles. The van der Waals surface area contributed by atoms with Gasteiger partial charge in [-0.15, -0.1) is 11.3 Å². The SMILES string of the molecule is c1ccc(-c2nc3ccccc3c3c2ccc2c4cccc(-c5ccc6c(c5)sc5ccccc56)c4oc23)cc1. The molecule has 6 aromatic carbocycles. The van der Waals surface area contributed by atoms with Crippen LogP contribution in [-0.2, 0) is 0 Å². The van der Waals surface area contributed by atoms with Gasteiger partial charge in [0, 0.05) is 58.2 Å². The van der Waals surface area contributed by atoms with Gasteiger partial charge >= 0.3 is 0 Å². The molecular weight excluding hydrogens is 506 g/mol. The van der Waals surface area contributed by atoms with Crippen LogP contribution in [0.4, 0.5) is 0 Å². The second-order valence-corrected chi connectivity index (χ2v) is 11.4. The molecule has 0 radical (unpaired) electrons. The Kier molecular flexibility index (Phi) is 4.52. The molecule has 3 heterocycles. The topological polar surface area (TPSA) is 26.0 Å². The fraction of sp³-hybridized carbons (Fsp3) is 0. The van der Waals surface area contributed by atoms with Crippen molar-refractivity contribution in [2.24, 2.45) is 0 Å². The molecule has 9 rings (SSSR count). The molecule has 0 amide bonds. The first-order valence-electron chi connectivity index (χ1n) is 13.5. The van der Waals surface area contributed by atoms with Gasteiger partial charge in [0.25, 0.3) is 0 Å². The molecule has 9 aromatic rings. The number of aromatic nitrogens is 1. The zero-order valence-electron chi connectivity index (χ0n) is 21.4. The number of pyridine rings is 1. The van der Waals surface area contributed by atoms with E-state index in [1.807, 2.05) is 17.4 Å². The van der Waals surface area contributed by atoms with Crippen molar-refractivity contribution in [2.75, 3.05) is 0 Å². The van der Waals surface area contributed by atoms with Crippen LogP contribution < -0.4 is 0 Å². The molecule has 3 aromatic heterocycles. The number of para-hydroxylation sites is 2. The Hall–Kier alpha value is -4.99. The third kappa shape index (κ3) is 3.07. The highest BCUT2D eigenvalue weighted by atomic mass is 32.1. The van der Waals surface area contributed by atoms with E-state index in [4.69, 9.17) is 9.40 Å². The molecule has 0 N–H and O–H groups in total. The van der Waals surface area contributed by atoms with Crippen molar-refractivity contribution >= 4 is 75.1 Å². The van der Waals surface area contributed by atoms with Crippen LogP contribution >= 0.6 is 11.3 Å². The minimum atomic E-state index is 0.915. The highest BCUT2D eigenvalue weighted by Gasteiger charge is 2.19. The van der Waals surface area contributed by atoms with Crippen molar-refractivity contribution < 1.29 is 4.42 Å². The summed E-state index contributed by atoms with van der Waals surface area (Å²) >= 11 is 1.85. The first-order valence-corrected chi connectivity index (χ1v) is 14.3. The molecule has 0 atom stereocenters. The minimum Gasteiger partial charge on any atom is -0.455 e. The Morgan fingerprint density at radius 3 is 2.10 bits per heavy atom. The number of hydrogen-bond acceptors (Lipinski definition) is 3. The van der Waals surface area contributed by atoms with Crippen molar-refractivity contribution in [2.45, 2.75) is 0 Å². The van der Waals surface area contributed by atoms with Gasteiger partial charge in [0.15, 0.2) is 0 Å². The predicted molar refractivity (Wildman–Crippen MR) is 170 cm³/mol. The lowest BCUT2D eigenvalue weighted by molar-refractivity contribution is 0.674. The third-order valence-electron chi connectivity index (χ3n) is 8.06. The zero-order chi connectivity index (χ0) is 26.2. The molecule has 0 aliphatic heterocycles. The fourth-order valence-corrected chi connectivity index (χ4v) is 7.37. The van der Waals surface area contributed by atoms with E-state index < -0.39 is 0 Å². The fourth-order valence-electron chi connectivity index (χ4n) is 6.23. The molecule has 2 nitrogen and oxygen atoms in total. The quantitative estimate of drug-likeness (QED) is 0.209. The molecule has 0 saturated carbocycles. The van der Waals surface area contributed by atoms with E-state index in [9.17, 15) is 0 Å². The molecule has 0 fully saturated rings. The molecule has 0 bridgehead atoms. The van der Waals surface area contributed by atoms with E-state index in [0.29, 0.717) is 0 Å². The molecule has 186 valence electrons. The number of furan rings is 1. The maximum atomic E-state index is 6.90. The van der Waals surface area contributed by atoms with Crippen molar-refractivity contribution in [1.29, 1.82) is 0 Å². The standard InChI is InChI=1S/C37H21NOS/c1-2-9-22(10-3-1)35-30-20-19-28-27-14-8-13-24(23-17-18-26-25-11-5-7-16-32(25)40-33(26)21-23)36(27)39-37(28)34(30)29-12-4-6-15-31(29)38-35/h1-21H. The summed E-state index contributed by atoms with van der Waals surface area (Å²) in [5.41, 5.74) is 7.18. The highest BCUT2D eigenvalue weighted by molar-refractivity contribution is 7.25. The summed E-state index contributed by atoms with van der Waals surface area (Å²) in [6, 6.07) is 45.2. The highest BCUT2D eigenvalue weighted by Crippen LogP contribution is 2.44. The molecule has 3 heteroatoms. The monoisotopic (exact) mass is 527 g/mol. The second kappa shape index (κ2) is 8.25. The van der Waals surface area contributed by atoms with Gasteiger partial charge in [-0.1, -0.05) is 103 Å². The summed E-state index contributed by atoms with van der Waals surface area (Å²) in [5.74, 6) is 0. The zero-order valence-corrected chi connectivity index (χ0v) is 22.2. The van der Waals surface area contributed by atoms with Crippen LogP contribution in [0, 0.1) is 0 Å². The molecular formula is C37H21NOS. The summed E-state index contributed by atoms with van der Waals surface area (Å²) in [6.45, 7) is 0. The van der Waals surface area contributed by atoms with Gasteiger partial charge < -0.3 is 4.42 Å². The Bertz CT molecular complexity index is 2430. The van der Waals surface area contributed by atoms with Crippen LogP contribution in [-0.4, -0.2) is 4.98 Å². The van der Waals surface area contributed by atoms with Crippen molar-refractivity contribution in [3.63, 3.8) is 0 Å². The van der Waals surface area contributed by atoms with Crippen LogP contribution in [0.25, 0.3) is 86.2 Å². The average Bonchev–Trinajstić information content (AvgIpc) is 3.59. The van der Waals surface area contributed by atoms with Crippen LogP contribution in [0.5, 0.6) is 0 Å². The van der Waals surface area contributed by atoms with Gasteiger partial charge in [-0.3, -0.25) is 0 Å². The maximum absolute atomic E-state index is 6.90. The third-order valence-corrected chi connectivity index (χ3v) is 9.20. The van der Waals surface area contributed by atoms with Crippen LogP contribution in [0.15, 0.2) is 132 Å². The van der Waals surface area contributed by atoms with Gasteiger partial charge in [0.05, 0.1) is 11.2 Å². The summed E-state index contributed by atoms with van der Waals surface area (Å²) in [7, 11) is 0. The average molecular weight is 528 g/mol. The number of hydrogen-bond donors (Lipinski definition) is 0. The number of rotatable bonds is 2. The van der Waals surface area contributed by atoms with Crippen LogP contribution in [0.1, 0.15) is 0 Å². The number of nitrogens with zero attached hydrogens (tertiary/aromatic N) is 1. The number of thiophene rings is 1. The lowest BCUT2D eigenvalue weighted by atomic mass is 9.97. The minimum absolute atomic E-state index is 0.915. The smallest absolute Gasteiger partial charge is 0.144 e. The molecule has 0 unspecified atom stereocenters. The number of fused-ring (bicyclic) bond motifs is 10. The van der Waals surface area contributed by atoms with E-state index >= 15 is 0 Å². The molecule has 0 spiro atoms. The van der Waals surface area contributed by atoms with Crippen LogP contribution in [0.3, 0.4) is 0 Å². The van der Waals surface area contributed by atoms with Gasteiger partial charge in [-0.2, -0.15) is 0 Å². The maximum Gasteiger partial charge on any atom is 0.144 e. The van der Waals surface area contributed by atoms with Crippen molar-refractivity contribution in [3.05, 3.63) is 127 Å². The second-order valence-electron chi connectivity index (χ2n) is 10.3. The largest absolute Gasteiger partial charge is 0.455 e. The summed E-state index contributed by atoms with van der Waals surface area (Å²) in [5, 5.41) is 8.20. The van der Waals surface area contributed by atoms with E-state index in [2.05, 4.69) is 121 Å². The lowest BCUT2D eigenvalue weighted by Gasteiger charge is -2.10. The summed E-state index contributed by atoms with van der Waals surface area (Å²) in [4.78, 5) is 5.11. The molecule has 0 aliphatic rings.